The molecule has 0 fully saturated rings. The van der Waals surface area contributed by atoms with Gasteiger partial charge >= 0.3 is 0 Å². The zero-order valence-electron chi connectivity index (χ0n) is 12.5. The average molecular weight is 297 g/mol. The van der Waals surface area contributed by atoms with Crippen molar-refractivity contribution < 1.29 is 9.59 Å². The molecule has 0 spiro atoms. The molecular weight excluding hydrogens is 278 g/mol. The first-order chi connectivity index (χ1) is 10.6. The molecule has 0 atom stereocenters. The van der Waals surface area contributed by atoms with E-state index in [0.717, 1.165) is 16.7 Å². The molecule has 22 heavy (non-hydrogen) atoms. The number of amides is 2. The highest BCUT2D eigenvalue weighted by Crippen LogP contribution is 2.06. The van der Waals surface area contributed by atoms with Crippen LogP contribution in [0.15, 0.2) is 48.8 Å². The number of rotatable bonds is 6. The van der Waals surface area contributed by atoms with E-state index < -0.39 is 0 Å². The Morgan fingerprint density at radius 1 is 0.955 bits per heavy atom. The minimum atomic E-state index is -0.293. The number of carbonyl (C=O) groups is 2. The predicted octanol–water partition coefficient (Wildman–Crippen LogP) is 1.71. The van der Waals surface area contributed by atoms with Gasteiger partial charge in [-0.05, 0) is 35.7 Å². The maximum absolute atomic E-state index is 11.8. The van der Waals surface area contributed by atoms with Crippen molar-refractivity contribution in [2.24, 2.45) is 0 Å². The fraction of sp³-hybridized carbons (Fsp3) is 0.235. The van der Waals surface area contributed by atoms with Crippen LogP contribution in [-0.4, -0.2) is 16.8 Å². The standard InChI is InChI=1S/C17H19N3O2/c1-13-4-2-3-5-15(13)12-20-17(22)10-16(21)19-11-14-6-8-18-9-7-14/h2-9H,10-12H2,1H3,(H,19,21)(H,20,22). The van der Waals surface area contributed by atoms with Crippen molar-refractivity contribution in [2.75, 3.05) is 0 Å². The molecule has 0 unspecified atom stereocenters. The van der Waals surface area contributed by atoms with Crippen molar-refractivity contribution in [3.63, 3.8) is 0 Å². The third-order valence-electron chi connectivity index (χ3n) is 3.30. The van der Waals surface area contributed by atoms with Crippen LogP contribution in [0.2, 0.25) is 0 Å². The fourth-order valence-corrected chi connectivity index (χ4v) is 1.97. The average Bonchev–Trinajstić information content (AvgIpc) is 2.53. The number of benzene rings is 1. The Balaban J connectivity index is 1.72. The summed E-state index contributed by atoms with van der Waals surface area (Å²) in [4.78, 5) is 27.4. The molecule has 0 radical (unpaired) electrons. The smallest absolute Gasteiger partial charge is 0.229 e. The summed E-state index contributed by atoms with van der Waals surface area (Å²) in [5.41, 5.74) is 3.11. The van der Waals surface area contributed by atoms with Crippen molar-refractivity contribution in [2.45, 2.75) is 26.4 Å². The summed E-state index contributed by atoms with van der Waals surface area (Å²) in [6, 6.07) is 11.5. The molecule has 1 heterocycles. The van der Waals surface area contributed by atoms with Crippen LogP contribution >= 0.6 is 0 Å². The number of aromatic nitrogens is 1. The van der Waals surface area contributed by atoms with Crippen LogP contribution in [0.5, 0.6) is 0 Å². The Kier molecular flexibility index (Phi) is 5.65. The van der Waals surface area contributed by atoms with Crippen LogP contribution in [0.4, 0.5) is 0 Å². The first kappa shape index (κ1) is 15.7. The van der Waals surface area contributed by atoms with E-state index in [0.29, 0.717) is 13.1 Å². The summed E-state index contributed by atoms with van der Waals surface area (Å²) >= 11 is 0. The van der Waals surface area contributed by atoms with Gasteiger partial charge < -0.3 is 10.6 Å². The third kappa shape index (κ3) is 5.01. The van der Waals surface area contributed by atoms with E-state index in [4.69, 9.17) is 0 Å². The van der Waals surface area contributed by atoms with E-state index in [1.165, 1.54) is 0 Å². The fourth-order valence-electron chi connectivity index (χ4n) is 1.97. The predicted molar refractivity (Wildman–Crippen MR) is 83.7 cm³/mol. The van der Waals surface area contributed by atoms with Crippen LogP contribution in [0.1, 0.15) is 23.1 Å². The second-order valence-corrected chi connectivity index (χ2v) is 5.01. The lowest BCUT2D eigenvalue weighted by Gasteiger charge is -2.08. The molecule has 2 amide bonds. The lowest BCUT2D eigenvalue weighted by atomic mass is 10.1. The highest BCUT2D eigenvalue weighted by atomic mass is 16.2. The number of hydrogen-bond donors (Lipinski definition) is 2. The van der Waals surface area contributed by atoms with Gasteiger partial charge in [0.15, 0.2) is 0 Å². The van der Waals surface area contributed by atoms with Crippen LogP contribution < -0.4 is 10.6 Å². The second-order valence-electron chi connectivity index (χ2n) is 5.01. The molecule has 2 N–H and O–H groups in total. The third-order valence-corrected chi connectivity index (χ3v) is 3.30. The number of carbonyl (C=O) groups excluding carboxylic acids is 2. The molecule has 0 bridgehead atoms. The Labute approximate surface area is 129 Å². The zero-order valence-corrected chi connectivity index (χ0v) is 12.5. The van der Waals surface area contributed by atoms with Gasteiger partial charge in [0.2, 0.25) is 11.8 Å². The van der Waals surface area contributed by atoms with Crippen LogP contribution in [0, 0.1) is 6.92 Å². The van der Waals surface area contributed by atoms with Crippen LogP contribution in [0.3, 0.4) is 0 Å². The monoisotopic (exact) mass is 297 g/mol. The maximum atomic E-state index is 11.8. The topological polar surface area (TPSA) is 71.1 Å². The van der Waals surface area contributed by atoms with Gasteiger partial charge in [0.25, 0.3) is 0 Å². The SMILES string of the molecule is Cc1ccccc1CNC(=O)CC(=O)NCc1ccncc1. The molecule has 0 aliphatic rings. The Morgan fingerprint density at radius 2 is 1.59 bits per heavy atom. The van der Waals surface area contributed by atoms with Crippen LogP contribution in [-0.2, 0) is 22.7 Å². The van der Waals surface area contributed by atoms with Crippen molar-refractivity contribution in [1.29, 1.82) is 0 Å². The van der Waals surface area contributed by atoms with Crippen molar-refractivity contribution in [1.82, 2.24) is 15.6 Å². The zero-order chi connectivity index (χ0) is 15.8. The minimum absolute atomic E-state index is 0.170. The first-order valence-corrected chi connectivity index (χ1v) is 7.12. The van der Waals surface area contributed by atoms with Crippen molar-refractivity contribution in [3.05, 3.63) is 65.5 Å². The highest BCUT2D eigenvalue weighted by Gasteiger charge is 2.09. The van der Waals surface area contributed by atoms with Gasteiger partial charge in [0.1, 0.15) is 6.42 Å². The van der Waals surface area contributed by atoms with Gasteiger partial charge in [-0.25, -0.2) is 0 Å². The summed E-state index contributed by atoms with van der Waals surface area (Å²) < 4.78 is 0. The van der Waals surface area contributed by atoms with E-state index in [-0.39, 0.29) is 18.2 Å². The molecular formula is C17H19N3O2. The number of nitrogens with zero attached hydrogens (tertiary/aromatic N) is 1. The van der Waals surface area contributed by atoms with Crippen LogP contribution in [0.25, 0.3) is 0 Å². The van der Waals surface area contributed by atoms with Gasteiger partial charge in [0.05, 0.1) is 0 Å². The maximum Gasteiger partial charge on any atom is 0.229 e. The number of aryl methyl sites for hydroxylation is 1. The quantitative estimate of drug-likeness (QED) is 0.797. The van der Waals surface area contributed by atoms with Gasteiger partial charge in [-0.15, -0.1) is 0 Å². The number of pyridine rings is 1. The Bertz CT molecular complexity index is 641. The summed E-state index contributed by atoms with van der Waals surface area (Å²) in [6.07, 6.45) is 3.16. The van der Waals surface area contributed by atoms with Gasteiger partial charge in [0, 0.05) is 25.5 Å². The normalized spacial score (nSPS) is 10.0. The molecule has 1 aromatic carbocycles. The molecule has 2 rings (SSSR count). The summed E-state index contributed by atoms with van der Waals surface area (Å²) in [7, 11) is 0. The summed E-state index contributed by atoms with van der Waals surface area (Å²) in [5, 5.41) is 5.47. The van der Waals surface area contributed by atoms with E-state index in [9.17, 15) is 9.59 Å². The summed E-state index contributed by atoms with van der Waals surface area (Å²) in [5.74, 6) is -0.574. The molecule has 0 aliphatic heterocycles. The Hall–Kier alpha value is -2.69. The van der Waals surface area contributed by atoms with E-state index in [1.807, 2.05) is 43.3 Å². The highest BCUT2D eigenvalue weighted by molar-refractivity contribution is 5.96. The lowest BCUT2D eigenvalue weighted by molar-refractivity contribution is -0.129. The largest absolute Gasteiger partial charge is 0.352 e. The molecule has 2 aromatic rings. The van der Waals surface area contributed by atoms with E-state index in [2.05, 4.69) is 15.6 Å². The molecule has 114 valence electrons. The lowest BCUT2D eigenvalue weighted by Crippen LogP contribution is -2.31. The number of nitrogens with one attached hydrogen (secondary N) is 2. The Morgan fingerprint density at radius 3 is 2.27 bits per heavy atom. The molecule has 1 aromatic heterocycles. The minimum Gasteiger partial charge on any atom is -0.352 e. The molecule has 0 aliphatic carbocycles. The van der Waals surface area contributed by atoms with Gasteiger partial charge in [-0.1, -0.05) is 24.3 Å². The first-order valence-electron chi connectivity index (χ1n) is 7.12. The molecule has 5 nitrogen and oxygen atoms in total. The van der Waals surface area contributed by atoms with Crippen molar-refractivity contribution >= 4 is 11.8 Å². The van der Waals surface area contributed by atoms with Gasteiger partial charge in [-0.2, -0.15) is 0 Å². The summed E-state index contributed by atoms with van der Waals surface area (Å²) in [6.45, 7) is 2.82. The van der Waals surface area contributed by atoms with E-state index in [1.54, 1.807) is 12.4 Å². The van der Waals surface area contributed by atoms with Crippen molar-refractivity contribution in [3.8, 4) is 0 Å². The molecule has 5 heteroatoms. The van der Waals surface area contributed by atoms with Gasteiger partial charge in [-0.3, -0.25) is 14.6 Å². The number of hydrogen-bond acceptors (Lipinski definition) is 3. The molecule has 0 saturated heterocycles. The van der Waals surface area contributed by atoms with E-state index >= 15 is 0 Å². The molecule has 0 saturated carbocycles. The second kappa shape index (κ2) is 7.93.